The van der Waals surface area contributed by atoms with Crippen molar-refractivity contribution in [2.45, 2.75) is 50.2 Å². The predicted molar refractivity (Wildman–Crippen MR) is 93.5 cm³/mol. The standard InChI is InChI=1S/C21H20O6/c22-15-16-18(23-11-13-7-3-1-4-8-13)20-19(17(15)26-21(25-16)27-20)24-12-14-9-5-2-6-10-14/h1-10,16-21H,11-12H2/t16-,17+,18?,19?,20?,21?. The van der Waals surface area contributed by atoms with Crippen molar-refractivity contribution >= 4 is 5.78 Å². The van der Waals surface area contributed by atoms with Gasteiger partial charge in [0.15, 0.2) is 18.0 Å². The van der Waals surface area contributed by atoms with E-state index in [9.17, 15) is 4.79 Å². The minimum Gasteiger partial charge on any atom is -0.368 e. The molecule has 6 nitrogen and oxygen atoms in total. The third-order valence-corrected chi connectivity index (χ3v) is 5.16. The zero-order valence-electron chi connectivity index (χ0n) is 14.6. The lowest BCUT2D eigenvalue weighted by atomic mass is 9.83. The number of ether oxygens (including phenoxy) is 5. The van der Waals surface area contributed by atoms with Gasteiger partial charge in [0, 0.05) is 0 Å². The van der Waals surface area contributed by atoms with Gasteiger partial charge in [-0.1, -0.05) is 60.7 Å². The number of carbonyl (C=O) groups excluding carboxylic acids is 1. The van der Waals surface area contributed by atoms with E-state index in [1.807, 2.05) is 60.7 Å². The summed E-state index contributed by atoms with van der Waals surface area (Å²) in [6.07, 6.45) is -2.79. The fraction of sp³-hybridized carbons (Fsp3) is 0.381. The van der Waals surface area contributed by atoms with Crippen molar-refractivity contribution < 1.29 is 28.5 Å². The Labute approximate surface area is 156 Å². The van der Waals surface area contributed by atoms with Crippen LogP contribution >= 0.6 is 0 Å². The summed E-state index contributed by atoms with van der Waals surface area (Å²) in [7, 11) is 0. The maximum Gasteiger partial charge on any atom is 0.273 e. The number of hydrogen-bond donors (Lipinski definition) is 0. The zero-order valence-corrected chi connectivity index (χ0v) is 14.6. The number of rotatable bonds is 6. The molecule has 140 valence electrons. The van der Waals surface area contributed by atoms with Crippen molar-refractivity contribution in [3.63, 3.8) is 0 Å². The Balaban J connectivity index is 1.32. The maximum atomic E-state index is 12.8. The van der Waals surface area contributed by atoms with Crippen LogP contribution in [0.4, 0.5) is 0 Å². The smallest absolute Gasteiger partial charge is 0.273 e. The topological polar surface area (TPSA) is 63.2 Å². The van der Waals surface area contributed by atoms with E-state index in [4.69, 9.17) is 23.7 Å². The van der Waals surface area contributed by atoms with E-state index in [-0.39, 0.29) is 5.78 Å². The van der Waals surface area contributed by atoms with Crippen LogP contribution < -0.4 is 0 Å². The Morgan fingerprint density at radius 3 is 1.67 bits per heavy atom. The first-order chi connectivity index (χ1) is 13.3. The number of hydrogen-bond acceptors (Lipinski definition) is 6. The van der Waals surface area contributed by atoms with E-state index in [2.05, 4.69) is 0 Å². The summed E-state index contributed by atoms with van der Waals surface area (Å²) in [5.74, 6) is -0.137. The zero-order chi connectivity index (χ0) is 18.2. The highest BCUT2D eigenvalue weighted by molar-refractivity contribution is 5.90. The summed E-state index contributed by atoms with van der Waals surface area (Å²) in [6.45, 7) is -0.0731. The molecule has 4 aliphatic rings. The molecule has 6 atom stereocenters. The lowest BCUT2D eigenvalue weighted by molar-refractivity contribution is -0.446. The number of carbonyl (C=O) groups is 1. The Morgan fingerprint density at radius 1 is 0.704 bits per heavy atom. The molecule has 1 aliphatic carbocycles. The van der Waals surface area contributed by atoms with Gasteiger partial charge in [-0.25, -0.2) is 0 Å². The van der Waals surface area contributed by atoms with Crippen LogP contribution in [0.1, 0.15) is 11.1 Å². The molecule has 3 heterocycles. The molecule has 0 aromatic heterocycles. The van der Waals surface area contributed by atoms with Crippen molar-refractivity contribution in [3.8, 4) is 0 Å². The first kappa shape index (κ1) is 17.0. The molecule has 6 rings (SSSR count). The molecular weight excluding hydrogens is 348 g/mol. The van der Waals surface area contributed by atoms with Crippen molar-refractivity contribution in [3.05, 3.63) is 71.8 Å². The molecule has 0 radical (unpaired) electrons. The summed E-state index contributed by atoms with van der Waals surface area (Å²) < 4.78 is 29.1. The molecule has 6 heteroatoms. The normalized spacial score (nSPS) is 34.1. The van der Waals surface area contributed by atoms with Gasteiger partial charge in [0.2, 0.25) is 0 Å². The Hall–Kier alpha value is -2.09. The highest BCUT2D eigenvalue weighted by Crippen LogP contribution is 2.40. The highest BCUT2D eigenvalue weighted by Gasteiger charge is 2.62. The van der Waals surface area contributed by atoms with E-state index in [1.165, 1.54) is 0 Å². The molecule has 4 unspecified atom stereocenters. The average Bonchev–Trinajstić information content (AvgIpc) is 2.72. The van der Waals surface area contributed by atoms with Gasteiger partial charge in [0.1, 0.15) is 18.3 Å². The number of ketones is 1. The minimum atomic E-state index is -0.823. The molecular formula is C21H20O6. The van der Waals surface area contributed by atoms with Crippen molar-refractivity contribution in [1.82, 2.24) is 0 Å². The minimum absolute atomic E-state index is 0.137. The van der Waals surface area contributed by atoms with E-state index in [0.717, 1.165) is 11.1 Å². The average molecular weight is 368 g/mol. The molecule has 27 heavy (non-hydrogen) atoms. The van der Waals surface area contributed by atoms with Gasteiger partial charge in [-0.3, -0.25) is 4.79 Å². The van der Waals surface area contributed by atoms with Crippen LogP contribution in [0.2, 0.25) is 0 Å². The van der Waals surface area contributed by atoms with Crippen molar-refractivity contribution in [1.29, 1.82) is 0 Å². The Bertz CT molecular complexity index is 731. The van der Waals surface area contributed by atoms with E-state index in [0.29, 0.717) is 13.2 Å². The fourth-order valence-electron chi connectivity index (χ4n) is 3.82. The van der Waals surface area contributed by atoms with Crippen LogP contribution in [-0.2, 0) is 41.7 Å². The van der Waals surface area contributed by atoms with Crippen molar-refractivity contribution in [2.75, 3.05) is 0 Å². The van der Waals surface area contributed by atoms with Gasteiger partial charge in [-0.2, -0.15) is 0 Å². The van der Waals surface area contributed by atoms with Gasteiger partial charge >= 0.3 is 0 Å². The summed E-state index contributed by atoms with van der Waals surface area (Å²) in [6, 6.07) is 19.6. The molecule has 0 spiro atoms. The predicted octanol–water partition coefficient (Wildman–Crippen LogP) is 2.21. The molecule has 3 saturated heterocycles. The molecule has 0 N–H and O–H groups in total. The van der Waals surface area contributed by atoms with Gasteiger partial charge in [0.25, 0.3) is 6.48 Å². The summed E-state index contributed by atoms with van der Waals surface area (Å²) >= 11 is 0. The largest absolute Gasteiger partial charge is 0.368 e. The summed E-state index contributed by atoms with van der Waals surface area (Å²) in [4.78, 5) is 12.8. The van der Waals surface area contributed by atoms with Gasteiger partial charge in [-0.05, 0) is 11.1 Å². The van der Waals surface area contributed by atoms with Crippen LogP contribution in [0.3, 0.4) is 0 Å². The van der Waals surface area contributed by atoms with E-state index >= 15 is 0 Å². The SMILES string of the molecule is O=C1[C@H]2OC3OC(C2OCc2ccccc2)C(OCc2ccccc2)[C@H]1O3. The van der Waals surface area contributed by atoms with Gasteiger partial charge in [-0.15, -0.1) is 0 Å². The van der Waals surface area contributed by atoms with Crippen LogP contribution in [0, 0.1) is 0 Å². The molecule has 2 aromatic rings. The molecule has 4 fully saturated rings. The lowest BCUT2D eigenvalue weighted by Crippen LogP contribution is -2.74. The second-order valence-electron chi connectivity index (χ2n) is 6.93. The molecule has 3 aliphatic heterocycles. The first-order valence-electron chi connectivity index (χ1n) is 9.11. The van der Waals surface area contributed by atoms with Crippen LogP contribution in [0.25, 0.3) is 0 Å². The molecule has 2 aromatic carbocycles. The summed E-state index contributed by atoms with van der Waals surface area (Å²) in [5.41, 5.74) is 2.05. The van der Waals surface area contributed by atoms with Crippen LogP contribution in [-0.4, -0.2) is 42.8 Å². The molecule has 1 saturated carbocycles. The lowest BCUT2D eigenvalue weighted by Gasteiger charge is -2.54. The monoisotopic (exact) mass is 368 g/mol. The molecule has 0 amide bonds. The fourth-order valence-corrected chi connectivity index (χ4v) is 3.82. The third kappa shape index (κ3) is 3.20. The Morgan fingerprint density at radius 2 is 1.19 bits per heavy atom. The number of Topliss-reactive ketones (excluding diaryl/α,β-unsaturated/α-hetero) is 1. The third-order valence-electron chi connectivity index (χ3n) is 5.16. The van der Waals surface area contributed by atoms with E-state index < -0.39 is 37.0 Å². The maximum absolute atomic E-state index is 12.8. The second kappa shape index (κ2) is 7.14. The van der Waals surface area contributed by atoms with Crippen molar-refractivity contribution in [2.24, 2.45) is 0 Å². The van der Waals surface area contributed by atoms with Crippen LogP contribution in [0.5, 0.6) is 0 Å². The highest BCUT2D eigenvalue weighted by atomic mass is 16.9. The van der Waals surface area contributed by atoms with Crippen LogP contribution in [0.15, 0.2) is 60.7 Å². The Kier molecular flexibility index (Phi) is 4.51. The van der Waals surface area contributed by atoms with E-state index in [1.54, 1.807) is 0 Å². The molecule has 4 bridgehead atoms. The number of benzene rings is 2. The quantitative estimate of drug-likeness (QED) is 0.779. The van der Waals surface area contributed by atoms with Gasteiger partial charge in [0.05, 0.1) is 13.2 Å². The summed E-state index contributed by atoms with van der Waals surface area (Å²) in [5, 5.41) is 0. The first-order valence-corrected chi connectivity index (χ1v) is 9.11. The second-order valence-corrected chi connectivity index (χ2v) is 6.93. The van der Waals surface area contributed by atoms with Gasteiger partial charge < -0.3 is 23.7 Å².